The molecule has 0 atom stereocenters. The molecule has 0 saturated carbocycles. The zero-order valence-electron chi connectivity index (χ0n) is 12.6. The first kappa shape index (κ1) is 13.9. The number of allylic oxidation sites excluding steroid dienone is 2. The molecule has 20 heavy (non-hydrogen) atoms. The van der Waals surface area contributed by atoms with Crippen molar-refractivity contribution in [3.05, 3.63) is 48.0 Å². The molecule has 1 nitrogen and oxygen atoms in total. The van der Waals surface area contributed by atoms with Crippen molar-refractivity contribution in [3.63, 3.8) is 0 Å². The Morgan fingerprint density at radius 2 is 1.60 bits per heavy atom. The van der Waals surface area contributed by atoms with Crippen molar-refractivity contribution >= 4 is 0 Å². The van der Waals surface area contributed by atoms with Crippen LogP contribution in [0.1, 0.15) is 56.9 Å². The summed E-state index contributed by atoms with van der Waals surface area (Å²) in [7, 11) is 0. The van der Waals surface area contributed by atoms with Gasteiger partial charge in [-0.1, -0.05) is 55.3 Å². The lowest BCUT2D eigenvalue weighted by atomic mass is 9.83. The number of likely N-dealkylation sites (tertiary alicyclic amines) is 1. The van der Waals surface area contributed by atoms with Crippen molar-refractivity contribution in [1.29, 1.82) is 0 Å². The molecule has 1 aromatic carbocycles. The summed E-state index contributed by atoms with van der Waals surface area (Å²) in [4.78, 5) is 2.82. The quantitative estimate of drug-likeness (QED) is 0.688. The third-order valence-corrected chi connectivity index (χ3v) is 5.18. The van der Waals surface area contributed by atoms with Gasteiger partial charge in [0.2, 0.25) is 0 Å². The lowest BCUT2D eigenvalue weighted by Gasteiger charge is -2.43. The van der Waals surface area contributed by atoms with Crippen molar-refractivity contribution in [2.45, 2.75) is 63.5 Å². The molecule has 0 N–H and O–H groups in total. The van der Waals surface area contributed by atoms with Crippen LogP contribution in [-0.2, 0) is 6.54 Å². The zero-order chi connectivity index (χ0) is 13.7. The van der Waals surface area contributed by atoms with Crippen LogP contribution < -0.4 is 0 Å². The Kier molecular flexibility index (Phi) is 4.57. The number of hydrogen-bond donors (Lipinski definition) is 0. The van der Waals surface area contributed by atoms with Crippen LogP contribution in [0.15, 0.2) is 42.5 Å². The molecule has 0 amide bonds. The van der Waals surface area contributed by atoms with Gasteiger partial charge in [-0.05, 0) is 50.6 Å². The van der Waals surface area contributed by atoms with Crippen LogP contribution in [0.2, 0.25) is 0 Å². The smallest absolute Gasteiger partial charge is 0.0239 e. The van der Waals surface area contributed by atoms with E-state index in [4.69, 9.17) is 0 Å². The first-order valence-corrected chi connectivity index (χ1v) is 8.33. The number of hydrogen-bond acceptors (Lipinski definition) is 1. The largest absolute Gasteiger partial charge is 0.293 e. The average molecular weight is 269 g/mol. The standard InChI is InChI=1S/C19H27N/c1-2-8-14-19(13-7-1)15-9-4-10-16-20(19)17-18-11-5-3-6-12-18/h1-3,5-6,11-12H,4,7-10,13-17H2. The van der Waals surface area contributed by atoms with E-state index >= 15 is 0 Å². The summed E-state index contributed by atoms with van der Waals surface area (Å²) >= 11 is 0. The molecule has 1 saturated heterocycles. The Morgan fingerprint density at radius 1 is 0.850 bits per heavy atom. The molecule has 1 heteroatoms. The van der Waals surface area contributed by atoms with E-state index in [0.29, 0.717) is 5.54 Å². The van der Waals surface area contributed by atoms with Gasteiger partial charge in [0, 0.05) is 12.1 Å². The molecule has 1 aliphatic heterocycles. The van der Waals surface area contributed by atoms with Gasteiger partial charge in [0.1, 0.15) is 0 Å². The predicted molar refractivity (Wildman–Crippen MR) is 85.7 cm³/mol. The summed E-state index contributed by atoms with van der Waals surface area (Å²) in [5.41, 5.74) is 1.95. The summed E-state index contributed by atoms with van der Waals surface area (Å²) < 4.78 is 0. The number of rotatable bonds is 2. The second-order valence-corrected chi connectivity index (χ2v) is 6.49. The van der Waals surface area contributed by atoms with Crippen LogP contribution >= 0.6 is 0 Å². The minimum absolute atomic E-state index is 0.468. The zero-order valence-corrected chi connectivity index (χ0v) is 12.6. The molecule has 0 unspecified atom stereocenters. The van der Waals surface area contributed by atoms with Gasteiger partial charge in [-0.25, -0.2) is 0 Å². The van der Waals surface area contributed by atoms with Crippen LogP contribution in [0, 0.1) is 0 Å². The normalized spacial score (nSPS) is 23.4. The highest BCUT2D eigenvalue weighted by molar-refractivity contribution is 5.15. The first-order chi connectivity index (χ1) is 9.89. The Bertz CT molecular complexity index is 424. The monoisotopic (exact) mass is 269 g/mol. The minimum atomic E-state index is 0.468. The van der Waals surface area contributed by atoms with Gasteiger partial charge >= 0.3 is 0 Å². The summed E-state index contributed by atoms with van der Waals surface area (Å²) in [6.45, 7) is 2.43. The van der Waals surface area contributed by atoms with Crippen LogP contribution in [0.5, 0.6) is 0 Å². The lowest BCUT2D eigenvalue weighted by molar-refractivity contribution is 0.0655. The van der Waals surface area contributed by atoms with E-state index in [9.17, 15) is 0 Å². The summed E-state index contributed by atoms with van der Waals surface area (Å²) in [5.74, 6) is 0. The van der Waals surface area contributed by atoms with E-state index in [1.54, 1.807) is 0 Å². The Labute approximate surface area is 123 Å². The topological polar surface area (TPSA) is 3.24 Å². The maximum Gasteiger partial charge on any atom is 0.0239 e. The molecule has 108 valence electrons. The molecule has 2 aliphatic rings. The van der Waals surface area contributed by atoms with Crippen molar-refractivity contribution in [2.24, 2.45) is 0 Å². The molecule has 0 aromatic heterocycles. The Morgan fingerprint density at radius 3 is 2.35 bits per heavy atom. The fourth-order valence-electron chi connectivity index (χ4n) is 4.01. The van der Waals surface area contributed by atoms with E-state index in [-0.39, 0.29) is 0 Å². The van der Waals surface area contributed by atoms with Gasteiger partial charge in [-0.3, -0.25) is 4.90 Å². The SMILES string of the molecule is C1=CCCC2(CC1)CCCCCN2Cc1ccccc1. The van der Waals surface area contributed by atoms with E-state index in [1.165, 1.54) is 63.5 Å². The molecular formula is C19H27N. The van der Waals surface area contributed by atoms with Crippen molar-refractivity contribution < 1.29 is 0 Å². The van der Waals surface area contributed by atoms with Crippen molar-refractivity contribution in [1.82, 2.24) is 4.90 Å². The highest BCUT2D eigenvalue weighted by Crippen LogP contribution is 2.38. The van der Waals surface area contributed by atoms with Gasteiger partial charge in [0.25, 0.3) is 0 Å². The van der Waals surface area contributed by atoms with Crippen molar-refractivity contribution in [2.75, 3.05) is 6.54 Å². The van der Waals surface area contributed by atoms with E-state index < -0.39 is 0 Å². The number of benzene rings is 1. The molecule has 1 aliphatic carbocycles. The molecule has 1 spiro atoms. The Hall–Kier alpha value is -1.08. The molecule has 0 radical (unpaired) electrons. The average Bonchev–Trinajstić information content (AvgIpc) is 2.83. The van der Waals surface area contributed by atoms with E-state index in [2.05, 4.69) is 47.4 Å². The molecule has 0 bridgehead atoms. The molecular weight excluding hydrogens is 242 g/mol. The molecule has 1 aromatic rings. The molecule has 1 fully saturated rings. The second-order valence-electron chi connectivity index (χ2n) is 6.49. The summed E-state index contributed by atoms with van der Waals surface area (Å²) in [6, 6.07) is 11.0. The Balaban J connectivity index is 1.80. The van der Waals surface area contributed by atoms with E-state index in [1.807, 2.05) is 0 Å². The highest BCUT2D eigenvalue weighted by Gasteiger charge is 2.36. The van der Waals surface area contributed by atoms with E-state index in [0.717, 1.165) is 6.54 Å². The van der Waals surface area contributed by atoms with Gasteiger partial charge < -0.3 is 0 Å². The first-order valence-electron chi connectivity index (χ1n) is 8.33. The third kappa shape index (κ3) is 3.15. The van der Waals surface area contributed by atoms with Gasteiger partial charge in [-0.2, -0.15) is 0 Å². The highest BCUT2D eigenvalue weighted by atomic mass is 15.2. The second kappa shape index (κ2) is 6.58. The van der Waals surface area contributed by atoms with Crippen LogP contribution in [0.3, 0.4) is 0 Å². The molecule has 1 heterocycles. The fourth-order valence-corrected chi connectivity index (χ4v) is 4.01. The van der Waals surface area contributed by atoms with Crippen LogP contribution in [0.4, 0.5) is 0 Å². The summed E-state index contributed by atoms with van der Waals surface area (Å²) in [5, 5.41) is 0. The van der Waals surface area contributed by atoms with Gasteiger partial charge in [0.15, 0.2) is 0 Å². The van der Waals surface area contributed by atoms with Crippen molar-refractivity contribution in [3.8, 4) is 0 Å². The molecule has 3 rings (SSSR count). The third-order valence-electron chi connectivity index (χ3n) is 5.18. The van der Waals surface area contributed by atoms with Crippen LogP contribution in [0.25, 0.3) is 0 Å². The summed E-state index contributed by atoms with van der Waals surface area (Å²) in [6.07, 6.45) is 15.7. The minimum Gasteiger partial charge on any atom is -0.293 e. The van der Waals surface area contributed by atoms with Gasteiger partial charge in [-0.15, -0.1) is 0 Å². The van der Waals surface area contributed by atoms with Crippen LogP contribution in [-0.4, -0.2) is 17.0 Å². The maximum absolute atomic E-state index is 2.82. The number of nitrogens with zero attached hydrogens (tertiary/aromatic N) is 1. The van der Waals surface area contributed by atoms with Gasteiger partial charge in [0.05, 0.1) is 0 Å². The predicted octanol–water partition coefficient (Wildman–Crippen LogP) is 4.93. The fraction of sp³-hybridized carbons (Fsp3) is 0.579. The maximum atomic E-state index is 2.82. The lowest BCUT2D eigenvalue weighted by Crippen LogP contribution is -2.47.